The van der Waals surface area contributed by atoms with Gasteiger partial charge in [0.05, 0.1) is 24.6 Å². The number of aromatic carboxylic acids is 1. The number of rotatable bonds is 11. The predicted octanol–water partition coefficient (Wildman–Crippen LogP) is 4.24. The first kappa shape index (κ1) is 31.0. The van der Waals surface area contributed by atoms with Crippen molar-refractivity contribution in [2.24, 2.45) is 0 Å². The molecule has 0 saturated heterocycles. The molecule has 0 amide bonds. The zero-order chi connectivity index (χ0) is 28.8. The van der Waals surface area contributed by atoms with Crippen LogP contribution in [0, 0.1) is 0 Å². The molecule has 0 spiro atoms. The molecule has 0 fully saturated rings. The zero-order valence-corrected chi connectivity index (χ0v) is 23.9. The van der Waals surface area contributed by atoms with Crippen LogP contribution < -0.4 is 14.8 Å². The first-order valence-electron chi connectivity index (χ1n) is 13.5. The van der Waals surface area contributed by atoms with Gasteiger partial charge < -0.3 is 24.6 Å². The highest BCUT2D eigenvalue weighted by atomic mass is 16.5. The Labute approximate surface area is 238 Å². The number of ether oxygens (including phenoxy) is 1. The summed E-state index contributed by atoms with van der Waals surface area (Å²) in [6, 6.07) is 18.8. The van der Waals surface area contributed by atoms with Gasteiger partial charge in [0.25, 0.3) is 0 Å². The number of carboxylic acids is 1. The van der Waals surface area contributed by atoms with E-state index in [4.69, 9.17) is 9.15 Å². The lowest BCUT2D eigenvalue weighted by atomic mass is 9.90. The Bertz CT molecular complexity index is 1610. The molecule has 1 heterocycles. The van der Waals surface area contributed by atoms with Crippen LogP contribution in [0.1, 0.15) is 44.5 Å². The van der Waals surface area contributed by atoms with Gasteiger partial charge in [0.15, 0.2) is 0 Å². The summed E-state index contributed by atoms with van der Waals surface area (Å²) in [5, 5.41) is 11.7. The Hall–Kier alpha value is -4.50. The van der Waals surface area contributed by atoms with Crippen LogP contribution in [0.2, 0.25) is 0 Å². The van der Waals surface area contributed by atoms with E-state index in [0.717, 1.165) is 34.1 Å². The lowest BCUT2D eigenvalue weighted by Gasteiger charge is -2.24. The number of benzene rings is 3. The molecule has 9 nitrogen and oxygen atoms in total. The second kappa shape index (κ2) is 13.7. The van der Waals surface area contributed by atoms with Crippen LogP contribution in [0.25, 0.3) is 33.4 Å². The number of carbonyl (C=O) groups excluding carboxylic acids is 2. The lowest BCUT2D eigenvalue weighted by Crippen LogP contribution is -2.31. The number of Topliss-reactive ketones (excluding diaryl/α,β-unsaturated/α-hetero) is 1. The molecule has 2 aliphatic rings. The van der Waals surface area contributed by atoms with Gasteiger partial charge in [0, 0.05) is 47.8 Å². The van der Waals surface area contributed by atoms with Crippen molar-refractivity contribution in [2.75, 3.05) is 37.7 Å². The summed E-state index contributed by atoms with van der Waals surface area (Å²) in [7, 11) is 0. The van der Waals surface area contributed by atoms with E-state index in [1.165, 1.54) is 6.92 Å². The van der Waals surface area contributed by atoms with E-state index in [1.807, 2.05) is 62.4 Å². The van der Waals surface area contributed by atoms with Gasteiger partial charge in [0.1, 0.15) is 36.8 Å². The summed E-state index contributed by atoms with van der Waals surface area (Å²) < 4.78 is 13.8. The van der Waals surface area contributed by atoms with E-state index in [1.54, 1.807) is 19.1 Å². The Morgan fingerprint density at radius 2 is 1.73 bits per heavy atom. The van der Waals surface area contributed by atoms with Gasteiger partial charge in [-0.1, -0.05) is 18.2 Å². The molecular weight excluding hydrogens is 524 g/mol. The van der Waals surface area contributed by atoms with Crippen LogP contribution in [-0.4, -0.2) is 61.1 Å². The maximum Gasteiger partial charge on any atom is 0.336 e. The second-order valence-electron chi connectivity index (χ2n) is 9.64. The van der Waals surface area contributed by atoms with Crippen molar-refractivity contribution in [3.8, 4) is 22.5 Å². The quantitative estimate of drug-likeness (QED) is 0.165. The number of fused-ring (bicyclic) bond motifs is 2. The molecular formula is C32H37N2O7+. The van der Waals surface area contributed by atoms with Crippen molar-refractivity contribution in [3.05, 3.63) is 71.6 Å². The van der Waals surface area contributed by atoms with E-state index < -0.39 is 5.97 Å². The van der Waals surface area contributed by atoms with Crippen LogP contribution in [0.4, 0.5) is 5.69 Å². The van der Waals surface area contributed by atoms with Crippen molar-refractivity contribution in [1.29, 1.82) is 0 Å². The van der Waals surface area contributed by atoms with E-state index in [-0.39, 0.29) is 29.4 Å². The summed E-state index contributed by atoms with van der Waals surface area (Å²) in [6.45, 7) is 9.84. The molecule has 9 heteroatoms. The highest BCUT2D eigenvalue weighted by molar-refractivity contribution is 6.07. The fourth-order valence-electron chi connectivity index (χ4n) is 4.97. The largest absolute Gasteiger partial charge is 0.478 e. The Morgan fingerprint density at radius 1 is 0.976 bits per heavy atom. The molecule has 0 saturated carbocycles. The van der Waals surface area contributed by atoms with Gasteiger partial charge in [-0.3, -0.25) is 9.59 Å². The van der Waals surface area contributed by atoms with Gasteiger partial charge in [-0.2, -0.15) is 0 Å². The maximum atomic E-state index is 12.2. The smallest absolute Gasteiger partial charge is 0.336 e. The number of anilines is 1. The van der Waals surface area contributed by atoms with Crippen LogP contribution >= 0.6 is 0 Å². The van der Waals surface area contributed by atoms with E-state index >= 15 is 0 Å². The number of esters is 1. The van der Waals surface area contributed by atoms with Gasteiger partial charge in [-0.25, -0.2) is 9.37 Å². The molecule has 0 atom stereocenters. The molecule has 1 aliphatic heterocycles. The monoisotopic (exact) mass is 561 g/mol. The molecule has 0 aromatic heterocycles. The number of hydrogen-bond donors (Lipinski definition) is 1. The molecule has 2 aromatic rings. The highest BCUT2D eigenvalue weighted by Gasteiger charge is 2.23. The maximum absolute atomic E-state index is 12.2. The number of ketones is 1. The molecule has 216 valence electrons. The van der Waals surface area contributed by atoms with E-state index in [0.29, 0.717) is 43.0 Å². The number of carbonyl (C=O) groups is 3. The first-order valence-corrected chi connectivity index (χ1v) is 13.5. The van der Waals surface area contributed by atoms with Crippen molar-refractivity contribution in [2.45, 2.75) is 34.1 Å². The summed E-state index contributed by atoms with van der Waals surface area (Å²) in [5.41, 5.74) is 3.89. The molecule has 4 rings (SSSR count). The summed E-state index contributed by atoms with van der Waals surface area (Å²) in [6.07, 6.45) is 0.446. The van der Waals surface area contributed by atoms with Crippen molar-refractivity contribution in [1.82, 2.24) is 4.58 Å². The van der Waals surface area contributed by atoms with Gasteiger partial charge in [0.2, 0.25) is 5.36 Å². The average molecular weight is 562 g/mol. The molecule has 41 heavy (non-hydrogen) atoms. The van der Waals surface area contributed by atoms with Gasteiger partial charge in [-0.05, 0) is 50.6 Å². The molecule has 0 bridgehead atoms. The zero-order valence-electron chi connectivity index (χ0n) is 23.9. The topological polar surface area (TPSA) is 132 Å². The van der Waals surface area contributed by atoms with Crippen LogP contribution in [0.3, 0.4) is 0 Å². The molecule has 3 N–H and O–H groups in total. The SMILES string of the molecule is CCN(CCOC(C)=O)c1ccc2c(-c3ccccc3C(=O)O)c3ccc(=[N+](CC)CCC(C)=O)cc-3oc2c1.O. The summed E-state index contributed by atoms with van der Waals surface area (Å²) in [4.78, 5) is 37.2. The molecule has 0 radical (unpaired) electrons. The lowest BCUT2D eigenvalue weighted by molar-refractivity contribution is -0.140. The minimum absolute atomic E-state index is 0. The average Bonchev–Trinajstić information content (AvgIpc) is 2.93. The van der Waals surface area contributed by atoms with Crippen LogP contribution in [0.5, 0.6) is 0 Å². The molecule has 1 aliphatic carbocycles. The molecule has 2 aromatic carbocycles. The minimum Gasteiger partial charge on any atom is -0.478 e. The number of carboxylic acid groups (broad SMARTS) is 1. The van der Waals surface area contributed by atoms with E-state index in [2.05, 4.69) is 9.48 Å². The van der Waals surface area contributed by atoms with Crippen molar-refractivity contribution in [3.63, 3.8) is 0 Å². The van der Waals surface area contributed by atoms with E-state index in [9.17, 15) is 19.5 Å². The van der Waals surface area contributed by atoms with Gasteiger partial charge >= 0.3 is 11.9 Å². The normalized spacial score (nSPS) is 11.6. The van der Waals surface area contributed by atoms with Crippen LogP contribution in [0.15, 0.2) is 65.1 Å². The van der Waals surface area contributed by atoms with Gasteiger partial charge in [-0.15, -0.1) is 0 Å². The Balaban J connectivity index is 0.00000462. The highest BCUT2D eigenvalue weighted by Crippen LogP contribution is 2.42. The van der Waals surface area contributed by atoms with Crippen LogP contribution in [-0.2, 0) is 14.3 Å². The third kappa shape index (κ3) is 6.99. The minimum atomic E-state index is -1.00. The second-order valence-corrected chi connectivity index (χ2v) is 9.64. The number of likely N-dealkylation sites (N-methyl/N-ethyl adjacent to an activating group) is 1. The third-order valence-electron chi connectivity index (χ3n) is 7.01. The van der Waals surface area contributed by atoms with Crippen molar-refractivity contribution >= 4 is 34.4 Å². The standard InChI is InChI=1S/C32H34N2O6.H2O/c1-5-33(16-15-21(3)35)23-11-13-27-29(19-23)40-30-20-24(34(6-2)17-18-39-22(4)36)12-14-28(30)31(27)25-9-7-8-10-26(25)32(37)38;/h7-14,19-20H,5-6,15-18H2,1-4H3;1H2/p+1. The van der Waals surface area contributed by atoms with Crippen molar-refractivity contribution < 1.29 is 34.1 Å². The molecule has 0 unspecified atom stereocenters. The number of hydrogen-bond acceptors (Lipinski definition) is 6. The Morgan fingerprint density at radius 3 is 2.39 bits per heavy atom. The predicted molar refractivity (Wildman–Crippen MR) is 159 cm³/mol. The fourth-order valence-corrected chi connectivity index (χ4v) is 4.97. The first-order chi connectivity index (χ1) is 19.2. The summed E-state index contributed by atoms with van der Waals surface area (Å²) >= 11 is 0. The third-order valence-corrected chi connectivity index (χ3v) is 7.01. The fraction of sp³-hybridized carbons (Fsp3) is 0.312. The summed E-state index contributed by atoms with van der Waals surface area (Å²) in [5.74, 6) is -0.585. The number of nitrogens with zero attached hydrogens (tertiary/aromatic N) is 2. The Kier molecular flexibility index (Phi) is 10.4.